The molecule has 0 aliphatic carbocycles. The normalized spacial score (nSPS) is 33.7. The van der Waals surface area contributed by atoms with Gasteiger partial charge in [-0.2, -0.15) is 0 Å². The van der Waals surface area contributed by atoms with E-state index in [1.807, 2.05) is 12.3 Å². The van der Waals surface area contributed by atoms with Crippen LogP contribution in [0.4, 0.5) is 0 Å². The molecule has 1 aromatic heterocycles. The first kappa shape index (κ1) is 14.6. The fraction of sp³-hybridized carbons (Fsp3) is 0.722. The molecule has 1 aromatic rings. The van der Waals surface area contributed by atoms with Gasteiger partial charge in [0.05, 0.1) is 12.3 Å². The molecule has 0 unspecified atom stereocenters. The molecule has 120 valence electrons. The van der Waals surface area contributed by atoms with E-state index in [2.05, 4.69) is 26.9 Å². The number of ether oxygens (including phenoxy) is 1. The number of piperidine rings is 1. The van der Waals surface area contributed by atoms with Crippen LogP contribution in [0.3, 0.4) is 0 Å². The highest BCUT2D eigenvalue weighted by molar-refractivity contribution is 5.04. The zero-order valence-electron chi connectivity index (χ0n) is 13.4. The Balaban J connectivity index is 1.38. The molecule has 0 N–H and O–H groups in total. The van der Waals surface area contributed by atoms with Gasteiger partial charge in [0.15, 0.2) is 0 Å². The second-order valence-electron chi connectivity index (χ2n) is 7.37. The molecule has 4 heteroatoms. The maximum Gasteiger partial charge on any atom is 0.0622 e. The van der Waals surface area contributed by atoms with Crippen LogP contribution in [0, 0.1) is 5.41 Å². The molecule has 1 spiro atoms. The van der Waals surface area contributed by atoms with E-state index in [-0.39, 0.29) is 0 Å². The van der Waals surface area contributed by atoms with Gasteiger partial charge in [0.25, 0.3) is 0 Å². The van der Waals surface area contributed by atoms with Crippen molar-refractivity contribution in [2.75, 3.05) is 39.4 Å². The predicted octanol–water partition coefficient (Wildman–Crippen LogP) is 2.16. The zero-order valence-corrected chi connectivity index (χ0v) is 13.4. The molecule has 0 amide bonds. The molecule has 3 aliphatic heterocycles. The summed E-state index contributed by atoms with van der Waals surface area (Å²) >= 11 is 0. The second-order valence-corrected chi connectivity index (χ2v) is 7.37. The van der Waals surface area contributed by atoms with Gasteiger partial charge in [0.2, 0.25) is 0 Å². The smallest absolute Gasteiger partial charge is 0.0622 e. The summed E-state index contributed by atoms with van der Waals surface area (Å²) < 4.78 is 5.59. The first-order valence-corrected chi connectivity index (χ1v) is 8.77. The minimum absolute atomic E-state index is 0.523. The van der Waals surface area contributed by atoms with Gasteiger partial charge < -0.3 is 4.74 Å². The minimum Gasteiger partial charge on any atom is -0.380 e. The third kappa shape index (κ3) is 3.05. The summed E-state index contributed by atoms with van der Waals surface area (Å²) in [6.45, 7) is 7.94. The fourth-order valence-electron chi connectivity index (χ4n) is 4.59. The molecule has 4 heterocycles. The van der Waals surface area contributed by atoms with E-state index in [0.717, 1.165) is 19.8 Å². The minimum atomic E-state index is 0.523. The highest BCUT2D eigenvalue weighted by Crippen LogP contribution is 2.40. The van der Waals surface area contributed by atoms with Crippen molar-refractivity contribution in [3.63, 3.8) is 0 Å². The third-order valence-electron chi connectivity index (χ3n) is 5.74. The van der Waals surface area contributed by atoms with E-state index in [4.69, 9.17) is 4.74 Å². The average Bonchev–Trinajstić information content (AvgIpc) is 3.19. The first-order valence-electron chi connectivity index (χ1n) is 8.77. The number of aromatic nitrogens is 1. The standard InChI is InChI=1S/C18H27N3O/c1-2-8-19-16(4-1)12-20-9-3-6-18(14-20)7-10-21(15-18)17-5-11-22-13-17/h1-2,4,8,17H,3,5-7,9-15H2/t17-,18-/m0/s1. The number of likely N-dealkylation sites (tertiary alicyclic amines) is 2. The largest absolute Gasteiger partial charge is 0.380 e. The third-order valence-corrected chi connectivity index (χ3v) is 5.74. The van der Waals surface area contributed by atoms with Crippen molar-refractivity contribution < 1.29 is 4.74 Å². The highest BCUT2D eigenvalue weighted by Gasteiger charge is 2.43. The number of rotatable bonds is 3. The van der Waals surface area contributed by atoms with Crippen LogP contribution in [0.15, 0.2) is 24.4 Å². The van der Waals surface area contributed by atoms with Crippen molar-refractivity contribution in [2.45, 2.75) is 38.3 Å². The predicted molar refractivity (Wildman–Crippen MR) is 86.6 cm³/mol. The van der Waals surface area contributed by atoms with Gasteiger partial charge in [-0.3, -0.25) is 14.8 Å². The first-order chi connectivity index (χ1) is 10.8. The molecule has 4 nitrogen and oxygen atoms in total. The Morgan fingerprint density at radius 3 is 3.05 bits per heavy atom. The summed E-state index contributed by atoms with van der Waals surface area (Å²) in [6.07, 6.45) is 7.24. The Labute approximate surface area is 133 Å². The van der Waals surface area contributed by atoms with Gasteiger partial charge in [-0.15, -0.1) is 0 Å². The van der Waals surface area contributed by atoms with Crippen molar-refractivity contribution >= 4 is 0 Å². The van der Waals surface area contributed by atoms with Crippen LogP contribution in [0.5, 0.6) is 0 Å². The van der Waals surface area contributed by atoms with Crippen LogP contribution in [0.1, 0.15) is 31.4 Å². The van der Waals surface area contributed by atoms with Crippen molar-refractivity contribution in [1.29, 1.82) is 0 Å². The molecule has 0 bridgehead atoms. The van der Waals surface area contributed by atoms with Crippen molar-refractivity contribution in [3.8, 4) is 0 Å². The number of pyridine rings is 1. The Bertz CT molecular complexity index is 488. The summed E-state index contributed by atoms with van der Waals surface area (Å²) in [7, 11) is 0. The molecule has 2 atom stereocenters. The van der Waals surface area contributed by atoms with Gasteiger partial charge in [-0.05, 0) is 56.3 Å². The summed E-state index contributed by atoms with van der Waals surface area (Å²) in [5.41, 5.74) is 1.73. The molecular weight excluding hydrogens is 274 g/mol. The Kier molecular flexibility index (Phi) is 4.16. The van der Waals surface area contributed by atoms with E-state index < -0.39 is 0 Å². The van der Waals surface area contributed by atoms with Gasteiger partial charge >= 0.3 is 0 Å². The summed E-state index contributed by atoms with van der Waals surface area (Å²) in [4.78, 5) is 9.83. The topological polar surface area (TPSA) is 28.6 Å². The second kappa shape index (κ2) is 6.26. The maximum absolute atomic E-state index is 5.59. The van der Waals surface area contributed by atoms with Crippen LogP contribution in [-0.4, -0.2) is 60.2 Å². The molecule has 0 saturated carbocycles. The van der Waals surface area contributed by atoms with Crippen molar-refractivity contribution in [3.05, 3.63) is 30.1 Å². The van der Waals surface area contributed by atoms with Crippen molar-refractivity contribution in [1.82, 2.24) is 14.8 Å². The molecule has 3 fully saturated rings. The zero-order chi connectivity index (χ0) is 14.8. The Morgan fingerprint density at radius 1 is 1.23 bits per heavy atom. The average molecular weight is 301 g/mol. The molecule has 3 saturated heterocycles. The fourth-order valence-corrected chi connectivity index (χ4v) is 4.59. The lowest BCUT2D eigenvalue weighted by Gasteiger charge is -2.40. The van der Waals surface area contributed by atoms with E-state index >= 15 is 0 Å². The number of nitrogens with zero attached hydrogens (tertiary/aromatic N) is 3. The van der Waals surface area contributed by atoms with Crippen LogP contribution in [-0.2, 0) is 11.3 Å². The summed E-state index contributed by atoms with van der Waals surface area (Å²) in [5, 5.41) is 0. The van der Waals surface area contributed by atoms with Crippen LogP contribution in [0.2, 0.25) is 0 Å². The van der Waals surface area contributed by atoms with Crippen LogP contribution in [0.25, 0.3) is 0 Å². The molecule has 0 aromatic carbocycles. The van der Waals surface area contributed by atoms with Crippen LogP contribution < -0.4 is 0 Å². The molecule has 0 radical (unpaired) electrons. The molecule has 22 heavy (non-hydrogen) atoms. The lowest BCUT2D eigenvalue weighted by Crippen LogP contribution is -2.45. The van der Waals surface area contributed by atoms with Gasteiger partial charge in [-0.25, -0.2) is 0 Å². The highest BCUT2D eigenvalue weighted by atomic mass is 16.5. The summed E-state index contributed by atoms with van der Waals surface area (Å²) in [5.74, 6) is 0. The Hall–Kier alpha value is -0.970. The summed E-state index contributed by atoms with van der Waals surface area (Å²) in [6, 6.07) is 6.93. The van der Waals surface area contributed by atoms with Crippen LogP contribution >= 0.6 is 0 Å². The van der Waals surface area contributed by atoms with Crippen molar-refractivity contribution in [2.24, 2.45) is 5.41 Å². The van der Waals surface area contributed by atoms with E-state index in [9.17, 15) is 0 Å². The monoisotopic (exact) mass is 301 g/mol. The number of hydrogen-bond donors (Lipinski definition) is 0. The van der Waals surface area contributed by atoms with Gasteiger partial charge in [0.1, 0.15) is 0 Å². The lowest BCUT2D eigenvalue weighted by atomic mass is 9.79. The maximum atomic E-state index is 5.59. The molecule has 3 aliphatic rings. The van der Waals surface area contributed by atoms with E-state index in [0.29, 0.717) is 11.5 Å². The SMILES string of the molecule is c1ccc(CN2CCC[C@]3(CCN([C@H]4CCOC4)C3)C2)nc1. The molecule has 4 rings (SSSR count). The van der Waals surface area contributed by atoms with Gasteiger partial charge in [0, 0.05) is 38.5 Å². The Morgan fingerprint density at radius 2 is 2.23 bits per heavy atom. The molecular formula is C18H27N3O. The van der Waals surface area contributed by atoms with E-state index in [1.54, 1.807) is 0 Å². The lowest BCUT2D eigenvalue weighted by molar-refractivity contribution is 0.0783. The quantitative estimate of drug-likeness (QED) is 0.855. The van der Waals surface area contributed by atoms with E-state index in [1.165, 1.54) is 57.6 Å². The number of hydrogen-bond acceptors (Lipinski definition) is 4. The van der Waals surface area contributed by atoms with Gasteiger partial charge in [-0.1, -0.05) is 6.07 Å².